The van der Waals surface area contributed by atoms with Crippen molar-refractivity contribution in [2.45, 2.75) is 17.6 Å². The lowest BCUT2D eigenvalue weighted by Crippen LogP contribution is -2.27. The lowest BCUT2D eigenvalue weighted by Gasteiger charge is -2.18. The van der Waals surface area contributed by atoms with E-state index >= 15 is 0 Å². The molecule has 20 heavy (non-hydrogen) atoms. The molecule has 1 aromatic carbocycles. The summed E-state index contributed by atoms with van der Waals surface area (Å²) < 4.78 is 30.8. The fourth-order valence-electron chi connectivity index (χ4n) is 1.72. The quantitative estimate of drug-likeness (QED) is 0.794. The minimum Gasteiger partial charge on any atom is -0.361 e. The first-order valence-corrected chi connectivity index (χ1v) is 8.78. The number of benzene rings is 1. The molecular weight excluding hydrogens is 296 g/mol. The van der Waals surface area contributed by atoms with Gasteiger partial charge in [-0.15, -0.1) is 11.8 Å². The highest BCUT2D eigenvalue weighted by Gasteiger charge is 2.21. The van der Waals surface area contributed by atoms with Gasteiger partial charge in [-0.05, 0) is 37.4 Å². The van der Waals surface area contributed by atoms with Gasteiger partial charge in [0.15, 0.2) is 0 Å². The lowest BCUT2D eigenvalue weighted by molar-refractivity contribution is 0.392. The van der Waals surface area contributed by atoms with Gasteiger partial charge in [-0.2, -0.15) is 0 Å². The van der Waals surface area contributed by atoms with Crippen LogP contribution in [0.2, 0.25) is 0 Å². The Morgan fingerprint density at radius 1 is 1.30 bits per heavy atom. The van der Waals surface area contributed by atoms with Gasteiger partial charge in [-0.3, -0.25) is 4.31 Å². The van der Waals surface area contributed by atoms with E-state index in [1.807, 2.05) is 18.4 Å². The van der Waals surface area contributed by atoms with E-state index in [1.54, 1.807) is 36.9 Å². The summed E-state index contributed by atoms with van der Waals surface area (Å²) in [7, 11) is -1.93. The summed E-state index contributed by atoms with van der Waals surface area (Å²) in [5, 5.41) is 3.72. The Bertz CT molecular complexity index is 678. The van der Waals surface area contributed by atoms with Gasteiger partial charge in [0.05, 0.1) is 5.69 Å². The Hall–Kier alpha value is -1.47. The average molecular weight is 312 g/mol. The molecule has 0 fully saturated rings. The van der Waals surface area contributed by atoms with Crippen LogP contribution in [0.4, 0.5) is 5.69 Å². The Morgan fingerprint density at radius 2 is 1.95 bits per heavy atom. The number of aryl methyl sites for hydroxylation is 1. The van der Waals surface area contributed by atoms with Crippen LogP contribution in [-0.4, -0.2) is 26.9 Å². The zero-order valence-electron chi connectivity index (χ0n) is 11.5. The van der Waals surface area contributed by atoms with Gasteiger partial charge < -0.3 is 4.52 Å². The molecule has 7 heteroatoms. The van der Waals surface area contributed by atoms with Crippen molar-refractivity contribution in [3.63, 3.8) is 0 Å². The summed E-state index contributed by atoms with van der Waals surface area (Å²) in [6.07, 6.45) is 1.97. The number of thioether (sulfide) groups is 1. The highest BCUT2D eigenvalue weighted by Crippen LogP contribution is 2.22. The summed E-state index contributed by atoms with van der Waals surface area (Å²) in [6, 6.07) is 9.00. The van der Waals surface area contributed by atoms with Crippen molar-refractivity contribution in [3.05, 3.63) is 41.8 Å². The predicted octanol–water partition coefficient (Wildman–Crippen LogP) is 2.67. The molecule has 2 rings (SSSR count). The maximum absolute atomic E-state index is 12.3. The van der Waals surface area contributed by atoms with E-state index in [9.17, 15) is 8.42 Å². The molecule has 0 aliphatic rings. The lowest BCUT2D eigenvalue weighted by atomic mass is 10.3. The highest BCUT2D eigenvalue weighted by atomic mass is 32.2. The SMILES string of the molecule is CSc1ccc(N(C)S(=O)(=O)Cc2cc(C)on2)cc1. The Kier molecular flexibility index (Phi) is 4.39. The molecule has 2 aromatic rings. The Balaban J connectivity index is 2.19. The number of anilines is 1. The maximum Gasteiger partial charge on any atom is 0.240 e. The first kappa shape index (κ1) is 14.9. The van der Waals surface area contributed by atoms with Crippen LogP contribution in [-0.2, 0) is 15.8 Å². The van der Waals surface area contributed by atoms with Crippen molar-refractivity contribution >= 4 is 27.5 Å². The van der Waals surface area contributed by atoms with Gasteiger partial charge in [-0.1, -0.05) is 5.16 Å². The van der Waals surface area contributed by atoms with Crippen molar-refractivity contribution in [1.82, 2.24) is 5.16 Å². The maximum atomic E-state index is 12.3. The van der Waals surface area contributed by atoms with Crippen LogP contribution in [0.3, 0.4) is 0 Å². The topological polar surface area (TPSA) is 63.4 Å². The molecule has 1 heterocycles. The molecule has 0 radical (unpaired) electrons. The van der Waals surface area contributed by atoms with Crippen molar-refractivity contribution in [3.8, 4) is 0 Å². The van der Waals surface area contributed by atoms with Gasteiger partial charge in [0.2, 0.25) is 10.0 Å². The zero-order valence-corrected chi connectivity index (χ0v) is 13.2. The largest absolute Gasteiger partial charge is 0.361 e. The smallest absolute Gasteiger partial charge is 0.240 e. The predicted molar refractivity (Wildman–Crippen MR) is 80.5 cm³/mol. The molecule has 0 aliphatic heterocycles. The van der Waals surface area contributed by atoms with Gasteiger partial charge in [-0.25, -0.2) is 8.42 Å². The third kappa shape index (κ3) is 3.34. The minimum absolute atomic E-state index is 0.175. The molecule has 5 nitrogen and oxygen atoms in total. The van der Waals surface area contributed by atoms with Crippen LogP contribution in [0, 0.1) is 6.92 Å². The molecule has 0 bridgehead atoms. The average Bonchev–Trinajstić information content (AvgIpc) is 2.82. The van der Waals surface area contributed by atoms with Gasteiger partial charge in [0, 0.05) is 18.0 Å². The first-order chi connectivity index (χ1) is 9.42. The van der Waals surface area contributed by atoms with Gasteiger partial charge in [0.1, 0.15) is 17.2 Å². The zero-order chi connectivity index (χ0) is 14.8. The molecule has 0 N–H and O–H groups in total. The van der Waals surface area contributed by atoms with Crippen molar-refractivity contribution in [1.29, 1.82) is 0 Å². The molecular formula is C13H16N2O3S2. The molecule has 0 aliphatic carbocycles. The molecule has 0 saturated heterocycles. The fourth-order valence-corrected chi connectivity index (χ4v) is 3.28. The standard InChI is InChI=1S/C13H16N2O3S2/c1-10-8-11(14-18-10)9-20(16,17)15(2)12-4-6-13(19-3)7-5-12/h4-8H,9H2,1-3H3. The normalized spacial score (nSPS) is 11.6. The summed E-state index contributed by atoms with van der Waals surface area (Å²) in [5.41, 5.74) is 1.04. The number of nitrogens with zero attached hydrogens (tertiary/aromatic N) is 2. The van der Waals surface area contributed by atoms with Crippen molar-refractivity contribution < 1.29 is 12.9 Å². The van der Waals surface area contributed by atoms with Crippen LogP contribution in [0.5, 0.6) is 0 Å². The molecule has 1 aromatic heterocycles. The third-order valence-corrected chi connectivity index (χ3v) is 5.31. The van der Waals surface area contributed by atoms with Gasteiger partial charge in [0.25, 0.3) is 0 Å². The molecule has 0 amide bonds. The second-order valence-corrected chi connectivity index (χ2v) is 7.23. The van der Waals surface area contributed by atoms with E-state index in [0.717, 1.165) is 4.90 Å². The summed E-state index contributed by atoms with van der Waals surface area (Å²) >= 11 is 1.61. The second kappa shape index (κ2) is 5.88. The first-order valence-electron chi connectivity index (χ1n) is 5.95. The molecule has 0 saturated carbocycles. The van der Waals surface area contributed by atoms with E-state index in [0.29, 0.717) is 17.1 Å². The number of hydrogen-bond donors (Lipinski definition) is 0. The summed E-state index contributed by atoms with van der Waals surface area (Å²) in [5.74, 6) is 0.424. The van der Waals surface area contributed by atoms with Crippen LogP contribution < -0.4 is 4.31 Å². The fraction of sp³-hybridized carbons (Fsp3) is 0.308. The number of rotatable bonds is 5. The number of sulfonamides is 1. The summed E-state index contributed by atoms with van der Waals surface area (Å²) in [4.78, 5) is 1.09. The Morgan fingerprint density at radius 3 is 2.45 bits per heavy atom. The Labute approximate surface area is 123 Å². The second-order valence-electron chi connectivity index (χ2n) is 4.35. The molecule has 0 spiro atoms. The van der Waals surface area contributed by atoms with E-state index in [2.05, 4.69) is 5.16 Å². The van der Waals surface area contributed by atoms with E-state index in [4.69, 9.17) is 4.52 Å². The van der Waals surface area contributed by atoms with E-state index in [-0.39, 0.29) is 5.75 Å². The highest BCUT2D eigenvalue weighted by molar-refractivity contribution is 7.98. The minimum atomic E-state index is -3.47. The molecule has 0 atom stereocenters. The number of aromatic nitrogens is 1. The monoisotopic (exact) mass is 312 g/mol. The van der Waals surface area contributed by atoms with Crippen LogP contribution in [0.15, 0.2) is 39.8 Å². The van der Waals surface area contributed by atoms with Crippen LogP contribution >= 0.6 is 11.8 Å². The van der Waals surface area contributed by atoms with E-state index < -0.39 is 10.0 Å². The van der Waals surface area contributed by atoms with Crippen molar-refractivity contribution in [2.75, 3.05) is 17.6 Å². The molecule has 108 valence electrons. The van der Waals surface area contributed by atoms with Crippen molar-refractivity contribution in [2.24, 2.45) is 0 Å². The van der Waals surface area contributed by atoms with Gasteiger partial charge >= 0.3 is 0 Å². The number of hydrogen-bond acceptors (Lipinski definition) is 5. The summed E-state index contributed by atoms with van der Waals surface area (Å²) in [6.45, 7) is 1.73. The van der Waals surface area contributed by atoms with E-state index in [1.165, 1.54) is 11.4 Å². The third-order valence-electron chi connectivity index (χ3n) is 2.86. The van der Waals surface area contributed by atoms with Crippen LogP contribution in [0.1, 0.15) is 11.5 Å². The van der Waals surface area contributed by atoms with Crippen LogP contribution in [0.25, 0.3) is 0 Å². The molecule has 0 unspecified atom stereocenters.